The fourth-order valence-corrected chi connectivity index (χ4v) is 6.22. The summed E-state index contributed by atoms with van der Waals surface area (Å²) in [5.41, 5.74) is 1.54. The molecule has 4 atom stereocenters. The highest BCUT2D eigenvalue weighted by Crippen LogP contribution is 2.51. The summed E-state index contributed by atoms with van der Waals surface area (Å²) in [5, 5.41) is 9.81. The molecule has 1 N–H and O–H groups in total. The zero-order valence-corrected chi connectivity index (χ0v) is 22.6. The normalized spacial score (nSPS) is 22.8. The van der Waals surface area contributed by atoms with Crippen LogP contribution in [0.2, 0.25) is 0 Å². The summed E-state index contributed by atoms with van der Waals surface area (Å²) in [6.07, 6.45) is -1.72. The zero-order chi connectivity index (χ0) is 27.6. The smallest absolute Gasteiger partial charge is 0.400 e. The van der Waals surface area contributed by atoms with Gasteiger partial charge in [0, 0.05) is 14.2 Å². The fourth-order valence-electron chi connectivity index (χ4n) is 6.22. The van der Waals surface area contributed by atoms with Crippen LogP contribution < -0.4 is 0 Å². The van der Waals surface area contributed by atoms with Gasteiger partial charge < -0.3 is 28.6 Å². The third-order valence-corrected chi connectivity index (χ3v) is 8.16. The molecule has 4 aromatic rings. The van der Waals surface area contributed by atoms with Crippen LogP contribution in [0.3, 0.4) is 0 Å². The summed E-state index contributed by atoms with van der Waals surface area (Å²) in [5.74, 6) is 0. The predicted octanol–water partition coefficient (Wildman–Crippen LogP) is 4.74. The molecule has 204 valence electrons. The molecule has 4 aromatic carbocycles. The van der Waals surface area contributed by atoms with E-state index in [2.05, 4.69) is 0 Å². The van der Waals surface area contributed by atoms with Crippen molar-refractivity contribution in [2.45, 2.75) is 35.5 Å². The largest absolute Gasteiger partial charge is 0.491 e. The van der Waals surface area contributed by atoms with Crippen LogP contribution in [0.5, 0.6) is 0 Å². The summed E-state index contributed by atoms with van der Waals surface area (Å²) in [7, 11) is 2.67. The van der Waals surface area contributed by atoms with Crippen molar-refractivity contribution in [1.82, 2.24) is 0 Å². The number of aliphatic hydroxyl groups excluding tert-OH is 1. The summed E-state index contributed by atoms with van der Waals surface area (Å²) in [4.78, 5) is 0. The SMILES string of the molecule is COC(c1ccccc1)(c1ccccc1)[C@@H]1OB([C@@H]2O[C@H]2CO)O[C@H]1C(OC)(c1ccccc1)c1ccccc1. The number of aliphatic hydroxyl groups is 1. The van der Waals surface area contributed by atoms with Gasteiger partial charge in [0.25, 0.3) is 0 Å². The van der Waals surface area contributed by atoms with E-state index >= 15 is 0 Å². The Labute approximate surface area is 235 Å². The van der Waals surface area contributed by atoms with Crippen LogP contribution in [0, 0.1) is 0 Å². The summed E-state index contributed by atoms with van der Waals surface area (Å²) in [6.45, 7) is -0.108. The van der Waals surface area contributed by atoms with Gasteiger partial charge in [-0.3, -0.25) is 0 Å². The third kappa shape index (κ3) is 4.40. The molecule has 6 nitrogen and oxygen atoms in total. The molecule has 0 radical (unpaired) electrons. The molecular formula is C33H33BO6. The molecular weight excluding hydrogens is 503 g/mol. The molecule has 0 bridgehead atoms. The minimum atomic E-state index is -1.07. The fraction of sp³-hybridized carbons (Fsp3) is 0.273. The quantitative estimate of drug-likeness (QED) is 0.233. The molecule has 40 heavy (non-hydrogen) atoms. The molecule has 0 spiro atoms. The number of hydrogen-bond acceptors (Lipinski definition) is 6. The van der Waals surface area contributed by atoms with Crippen LogP contribution in [0.1, 0.15) is 22.3 Å². The molecule has 0 aromatic heterocycles. The van der Waals surface area contributed by atoms with Crippen molar-refractivity contribution in [2.24, 2.45) is 0 Å². The second kappa shape index (κ2) is 11.3. The highest BCUT2D eigenvalue weighted by molar-refractivity contribution is 6.48. The number of ether oxygens (including phenoxy) is 3. The molecule has 2 aliphatic rings. The highest BCUT2D eigenvalue weighted by atomic mass is 16.7. The van der Waals surface area contributed by atoms with Gasteiger partial charge in [-0.2, -0.15) is 0 Å². The van der Waals surface area contributed by atoms with Crippen LogP contribution in [-0.4, -0.2) is 57.4 Å². The summed E-state index contributed by atoms with van der Waals surface area (Å²) >= 11 is 0. The number of epoxide rings is 1. The van der Waals surface area contributed by atoms with E-state index in [4.69, 9.17) is 23.5 Å². The average molecular weight is 536 g/mol. The van der Waals surface area contributed by atoms with Crippen molar-refractivity contribution < 1.29 is 28.6 Å². The van der Waals surface area contributed by atoms with Crippen LogP contribution >= 0.6 is 0 Å². The van der Waals surface area contributed by atoms with Gasteiger partial charge >= 0.3 is 7.12 Å². The number of benzene rings is 4. The molecule has 2 heterocycles. The van der Waals surface area contributed by atoms with Gasteiger partial charge in [-0.05, 0) is 22.3 Å². The maximum atomic E-state index is 9.81. The minimum absolute atomic E-state index is 0.108. The Morgan fingerprint density at radius 2 is 0.925 bits per heavy atom. The van der Waals surface area contributed by atoms with E-state index in [1.165, 1.54) is 0 Å². The number of hydrogen-bond donors (Lipinski definition) is 1. The molecule has 2 saturated heterocycles. The van der Waals surface area contributed by atoms with Crippen LogP contribution in [0.15, 0.2) is 121 Å². The molecule has 0 unspecified atom stereocenters. The molecule has 0 saturated carbocycles. The van der Waals surface area contributed by atoms with E-state index in [-0.39, 0.29) is 12.7 Å². The Kier molecular flexibility index (Phi) is 7.60. The lowest BCUT2D eigenvalue weighted by atomic mass is 9.71. The topological polar surface area (TPSA) is 69.7 Å². The van der Waals surface area contributed by atoms with Crippen molar-refractivity contribution in [3.63, 3.8) is 0 Å². The number of rotatable bonds is 10. The van der Waals surface area contributed by atoms with Gasteiger partial charge in [0.15, 0.2) is 0 Å². The van der Waals surface area contributed by atoms with E-state index in [1.807, 2.05) is 121 Å². The van der Waals surface area contributed by atoms with E-state index < -0.39 is 36.5 Å². The van der Waals surface area contributed by atoms with Crippen molar-refractivity contribution in [3.8, 4) is 0 Å². The van der Waals surface area contributed by atoms with Crippen molar-refractivity contribution in [1.29, 1.82) is 0 Å². The van der Waals surface area contributed by atoms with E-state index in [0.717, 1.165) is 22.3 Å². The zero-order valence-electron chi connectivity index (χ0n) is 22.6. The second-order valence-corrected chi connectivity index (χ2v) is 10.1. The van der Waals surface area contributed by atoms with Crippen molar-refractivity contribution in [2.75, 3.05) is 20.8 Å². The molecule has 0 amide bonds. The highest BCUT2D eigenvalue weighted by Gasteiger charge is 2.66. The van der Waals surface area contributed by atoms with Gasteiger partial charge in [0.2, 0.25) is 0 Å². The standard InChI is InChI=1S/C33H33BO6/c1-36-32(24-15-7-3-8-16-24,25-17-9-4-10-18-25)29-30(40-34(39-29)31-28(23-35)38-31)33(37-2,26-19-11-5-12-20-26)27-21-13-6-14-22-27/h3-22,28-31,35H,23H2,1-2H3/t28-,29+,30+,31+/m0/s1. The Bertz CT molecular complexity index is 1190. The first kappa shape index (κ1) is 26.9. The van der Waals surface area contributed by atoms with E-state index in [9.17, 15) is 5.11 Å². The number of methoxy groups -OCH3 is 2. The summed E-state index contributed by atoms with van der Waals surface area (Å²) in [6, 6.07) is 39.9. The van der Waals surface area contributed by atoms with Gasteiger partial charge in [0.05, 0.1) is 6.61 Å². The van der Waals surface area contributed by atoms with Crippen molar-refractivity contribution >= 4 is 7.12 Å². The third-order valence-electron chi connectivity index (χ3n) is 8.16. The lowest BCUT2D eigenvalue weighted by Gasteiger charge is -2.46. The molecule has 6 rings (SSSR count). The Balaban J connectivity index is 1.60. The molecule has 2 aliphatic heterocycles. The minimum Gasteiger partial charge on any atom is -0.400 e. The first-order valence-corrected chi connectivity index (χ1v) is 13.6. The Morgan fingerprint density at radius 1 is 0.600 bits per heavy atom. The maximum absolute atomic E-state index is 9.81. The lowest BCUT2D eigenvalue weighted by Crippen LogP contribution is -2.56. The monoisotopic (exact) mass is 536 g/mol. The van der Waals surface area contributed by atoms with Crippen LogP contribution in [0.25, 0.3) is 0 Å². The van der Waals surface area contributed by atoms with E-state index in [0.29, 0.717) is 0 Å². The average Bonchev–Trinajstić information content (AvgIpc) is 3.71. The van der Waals surface area contributed by atoms with Crippen molar-refractivity contribution in [3.05, 3.63) is 144 Å². The van der Waals surface area contributed by atoms with Crippen LogP contribution in [-0.2, 0) is 34.7 Å². The van der Waals surface area contributed by atoms with Gasteiger partial charge in [-0.15, -0.1) is 0 Å². The first-order chi connectivity index (χ1) is 19.7. The predicted molar refractivity (Wildman–Crippen MR) is 153 cm³/mol. The molecule has 7 heteroatoms. The maximum Gasteiger partial charge on any atom is 0.491 e. The first-order valence-electron chi connectivity index (χ1n) is 13.6. The van der Waals surface area contributed by atoms with E-state index in [1.54, 1.807) is 14.2 Å². The second-order valence-electron chi connectivity index (χ2n) is 10.1. The lowest BCUT2D eigenvalue weighted by molar-refractivity contribution is -0.136. The summed E-state index contributed by atoms with van der Waals surface area (Å²) < 4.78 is 32.7. The Morgan fingerprint density at radius 3 is 1.18 bits per heavy atom. The Hall–Kier alpha value is -3.30. The molecule has 2 fully saturated rings. The van der Waals surface area contributed by atoms with Crippen LogP contribution in [0.4, 0.5) is 0 Å². The van der Waals surface area contributed by atoms with Gasteiger partial charge in [-0.25, -0.2) is 0 Å². The van der Waals surface area contributed by atoms with Gasteiger partial charge in [-0.1, -0.05) is 121 Å². The van der Waals surface area contributed by atoms with Gasteiger partial charge in [0.1, 0.15) is 35.5 Å². The molecule has 0 aliphatic carbocycles.